The van der Waals surface area contributed by atoms with Gasteiger partial charge in [-0.05, 0) is 6.92 Å². The Kier molecular flexibility index (Phi) is 3.04. The van der Waals surface area contributed by atoms with E-state index in [1.54, 1.807) is 11.5 Å². The van der Waals surface area contributed by atoms with Gasteiger partial charge in [0.25, 0.3) is 0 Å². The van der Waals surface area contributed by atoms with Crippen LogP contribution in [-0.4, -0.2) is 43.1 Å². The minimum atomic E-state index is -0.242. The SMILES string of the molecule is CCOC(=O)[N+]1=CCNCC1. The largest absolute Gasteiger partial charge is 0.596 e. The smallest absolute Gasteiger partial charge is 0.412 e. The topological polar surface area (TPSA) is 41.3 Å². The molecule has 1 amide bonds. The first-order chi connectivity index (χ1) is 5.34. The van der Waals surface area contributed by atoms with Crippen LogP contribution in [0, 0.1) is 0 Å². The van der Waals surface area contributed by atoms with Gasteiger partial charge in [-0.2, -0.15) is 4.79 Å². The average Bonchev–Trinajstić information content (AvgIpc) is 2.07. The molecule has 0 aromatic carbocycles. The summed E-state index contributed by atoms with van der Waals surface area (Å²) in [5.41, 5.74) is 0. The van der Waals surface area contributed by atoms with E-state index in [1.165, 1.54) is 0 Å². The maximum absolute atomic E-state index is 11.0. The molecular weight excluding hydrogens is 144 g/mol. The fourth-order valence-electron chi connectivity index (χ4n) is 0.940. The van der Waals surface area contributed by atoms with Gasteiger partial charge in [0.1, 0.15) is 0 Å². The standard InChI is InChI=1S/C7H13N2O2/c1-2-11-7(10)9-5-3-8-4-6-9/h5,8H,2-4,6H2,1H3/q+1. The van der Waals surface area contributed by atoms with Crippen LogP contribution in [0.5, 0.6) is 0 Å². The van der Waals surface area contributed by atoms with Gasteiger partial charge >= 0.3 is 6.09 Å². The predicted molar refractivity (Wildman–Crippen MR) is 41.1 cm³/mol. The number of hydrogen-bond acceptors (Lipinski definition) is 3. The van der Waals surface area contributed by atoms with Gasteiger partial charge < -0.3 is 10.1 Å². The third-order valence-electron chi connectivity index (χ3n) is 1.49. The maximum atomic E-state index is 11.0. The molecule has 1 aliphatic heterocycles. The molecule has 1 aliphatic rings. The van der Waals surface area contributed by atoms with Crippen molar-refractivity contribution in [3.05, 3.63) is 0 Å². The second-order valence-electron chi connectivity index (χ2n) is 2.28. The Morgan fingerprint density at radius 3 is 3.18 bits per heavy atom. The van der Waals surface area contributed by atoms with Crippen LogP contribution in [0.3, 0.4) is 0 Å². The summed E-state index contributed by atoms with van der Waals surface area (Å²) in [6.07, 6.45) is 1.57. The van der Waals surface area contributed by atoms with Crippen molar-refractivity contribution >= 4 is 12.3 Å². The molecule has 0 fully saturated rings. The summed E-state index contributed by atoms with van der Waals surface area (Å²) in [6.45, 7) is 4.55. The molecule has 0 aromatic rings. The molecule has 0 saturated carbocycles. The van der Waals surface area contributed by atoms with Crippen molar-refractivity contribution in [1.29, 1.82) is 0 Å². The zero-order valence-corrected chi connectivity index (χ0v) is 6.67. The van der Waals surface area contributed by atoms with Gasteiger partial charge in [0.05, 0.1) is 19.7 Å². The number of rotatable bonds is 1. The number of ether oxygens (including phenoxy) is 1. The number of amides is 1. The third-order valence-corrected chi connectivity index (χ3v) is 1.49. The van der Waals surface area contributed by atoms with Crippen LogP contribution in [0.25, 0.3) is 0 Å². The van der Waals surface area contributed by atoms with Crippen molar-refractivity contribution in [3.8, 4) is 0 Å². The van der Waals surface area contributed by atoms with Crippen LogP contribution >= 0.6 is 0 Å². The van der Waals surface area contributed by atoms with E-state index in [0.29, 0.717) is 13.2 Å². The zero-order chi connectivity index (χ0) is 8.10. The first-order valence-corrected chi connectivity index (χ1v) is 3.82. The van der Waals surface area contributed by atoms with Gasteiger partial charge in [-0.25, -0.2) is 0 Å². The molecule has 1 N–H and O–H groups in total. The normalized spacial score (nSPS) is 17.4. The maximum Gasteiger partial charge on any atom is 0.596 e. The number of carbonyl (C=O) groups excluding carboxylic acids is 1. The minimum Gasteiger partial charge on any atom is -0.412 e. The molecule has 1 heterocycles. The van der Waals surface area contributed by atoms with Crippen LogP contribution < -0.4 is 5.32 Å². The Morgan fingerprint density at radius 1 is 1.82 bits per heavy atom. The summed E-state index contributed by atoms with van der Waals surface area (Å²) in [4.78, 5) is 11.0. The molecule has 0 saturated heterocycles. The zero-order valence-electron chi connectivity index (χ0n) is 6.67. The molecule has 4 heteroatoms. The second kappa shape index (κ2) is 4.08. The van der Waals surface area contributed by atoms with Crippen molar-refractivity contribution in [2.75, 3.05) is 26.2 Å². The Hall–Kier alpha value is -0.900. The van der Waals surface area contributed by atoms with Gasteiger partial charge in [0, 0.05) is 0 Å². The first-order valence-electron chi connectivity index (χ1n) is 3.82. The lowest BCUT2D eigenvalue weighted by Gasteiger charge is -2.06. The van der Waals surface area contributed by atoms with Gasteiger partial charge in [-0.1, -0.05) is 0 Å². The molecule has 0 unspecified atom stereocenters. The monoisotopic (exact) mass is 157 g/mol. The lowest BCUT2D eigenvalue weighted by molar-refractivity contribution is -0.444. The second-order valence-corrected chi connectivity index (χ2v) is 2.28. The Labute approximate surface area is 65.9 Å². The van der Waals surface area contributed by atoms with Crippen molar-refractivity contribution < 1.29 is 14.1 Å². The van der Waals surface area contributed by atoms with Crippen molar-refractivity contribution in [3.63, 3.8) is 0 Å². The Balaban J connectivity index is 2.44. The van der Waals surface area contributed by atoms with E-state index in [4.69, 9.17) is 4.74 Å². The van der Waals surface area contributed by atoms with Crippen molar-refractivity contribution in [2.24, 2.45) is 0 Å². The summed E-state index contributed by atoms with van der Waals surface area (Å²) >= 11 is 0. The van der Waals surface area contributed by atoms with Crippen LogP contribution in [0.15, 0.2) is 0 Å². The molecule has 0 aliphatic carbocycles. The molecule has 62 valence electrons. The highest BCUT2D eigenvalue weighted by Gasteiger charge is 2.19. The third kappa shape index (κ3) is 2.31. The molecule has 0 spiro atoms. The van der Waals surface area contributed by atoms with Crippen molar-refractivity contribution in [2.45, 2.75) is 6.92 Å². The fraction of sp³-hybridized carbons (Fsp3) is 0.714. The van der Waals surface area contributed by atoms with E-state index in [0.717, 1.165) is 13.1 Å². The van der Waals surface area contributed by atoms with E-state index < -0.39 is 0 Å². The predicted octanol–water partition coefficient (Wildman–Crippen LogP) is -0.171. The van der Waals surface area contributed by atoms with E-state index in [9.17, 15) is 4.79 Å². The molecule has 0 aromatic heterocycles. The quantitative estimate of drug-likeness (QED) is 0.537. The summed E-state index contributed by atoms with van der Waals surface area (Å²) in [6, 6.07) is 0. The molecule has 0 atom stereocenters. The molecule has 1 rings (SSSR count). The Bertz CT molecular complexity index is 177. The minimum absolute atomic E-state index is 0.242. The molecule has 11 heavy (non-hydrogen) atoms. The average molecular weight is 157 g/mol. The highest BCUT2D eigenvalue weighted by Crippen LogP contribution is 1.86. The van der Waals surface area contributed by atoms with Gasteiger partial charge in [-0.3, -0.25) is 0 Å². The number of hydrogen-bond donors (Lipinski definition) is 1. The molecular formula is C7H13N2O2+. The van der Waals surface area contributed by atoms with Gasteiger partial charge in [-0.15, -0.1) is 4.58 Å². The summed E-state index contributed by atoms with van der Waals surface area (Å²) in [5.74, 6) is 0. The Morgan fingerprint density at radius 2 is 2.64 bits per heavy atom. The summed E-state index contributed by atoms with van der Waals surface area (Å²) in [7, 11) is 0. The van der Waals surface area contributed by atoms with E-state index in [2.05, 4.69) is 5.32 Å². The van der Waals surface area contributed by atoms with E-state index in [1.807, 2.05) is 6.21 Å². The molecule has 4 nitrogen and oxygen atoms in total. The van der Waals surface area contributed by atoms with Crippen LogP contribution in [0.4, 0.5) is 4.79 Å². The van der Waals surface area contributed by atoms with Gasteiger partial charge in [0.2, 0.25) is 0 Å². The summed E-state index contributed by atoms with van der Waals surface area (Å²) in [5, 5.41) is 3.11. The van der Waals surface area contributed by atoms with Crippen LogP contribution in [0.2, 0.25) is 0 Å². The lowest BCUT2D eigenvalue weighted by Crippen LogP contribution is -2.38. The van der Waals surface area contributed by atoms with Crippen LogP contribution in [-0.2, 0) is 4.74 Å². The first kappa shape index (κ1) is 8.20. The highest BCUT2D eigenvalue weighted by atomic mass is 16.5. The van der Waals surface area contributed by atoms with E-state index in [-0.39, 0.29) is 6.09 Å². The van der Waals surface area contributed by atoms with Crippen molar-refractivity contribution in [1.82, 2.24) is 5.32 Å². The molecule has 0 bridgehead atoms. The van der Waals surface area contributed by atoms with E-state index >= 15 is 0 Å². The highest BCUT2D eigenvalue weighted by molar-refractivity contribution is 5.67. The lowest BCUT2D eigenvalue weighted by atomic mass is 10.5. The number of nitrogens with one attached hydrogen (secondary N) is 1. The molecule has 0 radical (unpaired) electrons. The summed E-state index contributed by atoms with van der Waals surface area (Å²) < 4.78 is 6.41. The number of nitrogens with zero attached hydrogens (tertiary/aromatic N) is 1. The fourth-order valence-corrected chi connectivity index (χ4v) is 0.940. The number of carbonyl (C=O) groups is 1. The van der Waals surface area contributed by atoms with Gasteiger partial charge in [0.15, 0.2) is 12.8 Å². The van der Waals surface area contributed by atoms with Crippen LogP contribution in [0.1, 0.15) is 6.92 Å².